The van der Waals surface area contributed by atoms with Crippen LogP contribution in [0.3, 0.4) is 0 Å². The van der Waals surface area contributed by atoms with Crippen molar-refractivity contribution in [3.8, 4) is 11.5 Å². The van der Waals surface area contributed by atoms with E-state index in [2.05, 4.69) is 0 Å². The molecule has 0 radical (unpaired) electrons. The number of benzene rings is 1. The number of hydrogen-bond acceptors (Lipinski definition) is 4. The van der Waals surface area contributed by atoms with Gasteiger partial charge in [0.1, 0.15) is 22.7 Å². The lowest BCUT2D eigenvalue weighted by Gasteiger charge is -2.32. The molecule has 1 aromatic carbocycles. The van der Waals surface area contributed by atoms with Crippen molar-refractivity contribution in [2.75, 3.05) is 0 Å². The van der Waals surface area contributed by atoms with Crippen molar-refractivity contribution in [3.63, 3.8) is 0 Å². The Labute approximate surface area is 166 Å². The number of rotatable bonds is 7. The number of carbonyl (C=O) groups excluding carboxylic acids is 1. The molecule has 0 saturated carbocycles. The zero-order valence-electron chi connectivity index (χ0n) is 17.1. The summed E-state index contributed by atoms with van der Waals surface area (Å²) in [6.45, 7) is 9.34. The number of allylic oxidation sites excluding steroid dienone is 4. The molecule has 0 aromatic heterocycles. The minimum atomic E-state index is -1.16. The Hall–Kier alpha value is -2.82. The molecule has 0 fully saturated rings. The van der Waals surface area contributed by atoms with Gasteiger partial charge in [0.2, 0.25) is 0 Å². The molecule has 0 spiro atoms. The Morgan fingerprint density at radius 3 is 2.54 bits per heavy atom. The monoisotopic (exact) mass is 384 g/mol. The summed E-state index contributed by atoms with van der Waals surface area (Å²) >= 11 is 0. The summed E-state index contributed by atoms with van der Waals surface area (Å²) in [5.74, 6) is -0.857. The van der Waals surface area contributed by atoms with Gasteiger partial charge in [-0.3, -0.25) is 4.79 Å². The van der Waals surface area contributed by atoms with Crippen LogP contribution in [-0.2, 0) is 4.79 Å². The number of fused-ring (bicyclic) bond motifs is 1. The van der Waals surface area contributed by atoms with E-state index in [1.807, 2.05) is 39.8 Å². The Kier molecular flexibility index (Phi) is 6.49. The summed E-state index contributed by atoms with van der Waals surface area (Å²) in [5, 5.41) is 19.6. The molecular formula is C23H28O5. The zero-order chi connectivity index (χ0) is 21.1. The number of hydrogen-bond donors (Lipinski definition) is 2. The highest BCUT2D eigenvalue weighted by Crippen LogP contribution is 2.41. The van der Waals surface area contributed by atoms with E-state index < -0.39 is 11.6 Å². The van der Waals surface area contributed by atoms with E-state index in [1.54, 1.807) is 25.1 Å². The normalized spacial score (nSPS) is 18.2. The van der Waals surface area contributed by atoms with Gasteiger partial charge in [-0.2, -0.15) is 0 Å². The number of aromatic carboxylic acids is 1. The van der Waals surface area contributed by atoms with Crippen LogP contribution in [0.15, 0.2) is 35.4 Å². The van der Waals surface area contributed by atoms with Gasteiger partial charge < -0.3 is 14.9 Å². The molecule has 5 nitrogen and oxygen atoms in total. The van der Waals surface area contributed by atoms with E-state index in [0.717, 1.165) is 17.6 Å². The van der Waals surface area contributed by atoms with Crippen LogP contribution < -0.4 is 4.74 Å². The molecule has 2 N–H and O–H groups in total. The van der Waals surface area contributed by atoms with Crippen LogP contribution in [0.4, 0.5) is 0 Å². The first-order chi connectivity index (χ1) is 13.0. The highest BCUT2D eigenvalue weighted by molar-refractivity contribution is 5.95. The smallest absolute Gasteiger partial charge is 0.339 e. The largest absolute Gasteiger partial charge is 0.506 e. The number of carboxylic acids is 1. The van der Waals surface area contributed by atoms with Crippen LogP contribution in [0, 0.1) is 6.92 Å². The van der Waals surface area contributed by atoms with E-state index in [4.69, 9.17) is 4.74 Å². The Morgan fingerprint density at radius 1 is 1.25 bits per heavy atom. The summed E-state index contributed by atoms with van der Waals surface area (Å²) in [7, 11) is 0. The number of aryl methyl sites for hydroxylation is 1. The fraction of sp³-hybridized carbons (Fsp3) is 0.391. The fourth-order valence-electron chi connectivity index (χ4n) is 3.30. The molecular weight excluding hydrogens is 356 g/mol. The molecule has 1 atom stereocenters. The van der Waals surface area contributed by atoms with Crippen LogP contribution in [-0.4, -0.2) is 27.6 Å². The van der Waals surface area contributed by atoms with Gasteiger partial charge in [0.25, 0.3) is 0 Å². The van der Waals surface area contributed by atoms with E-state index in [0.29, 0.717) is 29.7 Å². The quantitative estimate of drug-likeness (QED) is 0.498. The standard InChI is InChI=1S/C23H28O5/c1-14(2)11-17(24)12-15(3)7-6-9-23(5)10-8-18-19(28-23)13-16(4)20(21(18)25)22(26)27/h7-8,10-11,13,25H,6,9,12H2,1-5H3,(H,26,27). The van der Waals surface area contributed by atoms with Crippen molar-refractivity contribution in [1.82, 2.24) is 0 Å². The van der Waals surface area contributed by atoms with E-state index in [9.17, 15) is 19.8 Å². The van der Waals surface area contributed by atoms with Gasteiger partial charge >= 0.3 is 5.97 Å². The summed E-state index contributed by atoms with van der Waals surface area (Å²) in [4.78, 5) is 23.2. The average Bonchev–Trinajstić information content (AvgIpc) is 2.52. The van der Waals surface area contributed by atoms with Crippen LogP contribution in [0.5, 0.6) is 11.5 Å². The second-order valence-electron chi connectivity index (χ2n) is 7.84. The third-order valence-electron chi connectivity index (χ3n) is 4.70. The predicted molar refractivity (Wildman–Crippen MR) is 110 cm³/mol. The molecule has 0 amide bonds. The lowest BCUT2D eigenvalue weighted by atomic mass is 9.92. The summed E-state index contributed by atoms with van der Waals surface area (Å²) in [6, 6.07) is 1.65. The number of carbonyl (C=O) groups is 2. The maximum atomic E-state index is 11.8. The molecule has 0 aliphatic carbocycles. The first kappa shape index (κ1) is 21.5. The molecule has 0 saturated heterocycles. The van der Waals surface area contributed by atoms with Crippen LogP contribution in [0.1, 0.15) is 68.4 Å². The van der Waals surface area contributed by atoms with Gasteiger partial charge in [-0.1, -0.05) is 17.2 Å². The third kappa shape index (κ3) is 5.12. The zero-order valence-corrected chi connectivity index (χ0v) is 17.1. The van der Waals surface area contributed by atoms with Crippen LogP contribution >= 0.6 is 0 Å². The summed E-state index contributed by atoms with van der Waals surface area (Å²) in [6.07, 6.45) is 9.10. The second-order valence-corrected chi connectivity index (χ2v) is 7.84. The molecule has 1 aliphatic rings. The van der Waals surface area contributed by atoms with Crippen molar-refractivity contribution in [2.24, 2.45) is 0 Å². The number of carboxylic acid groups (broad SMARTS) is 1. The topological polar surface area (TPSA) is 83.8 Å². The van der Waals surface area contributed by atoms with Gasteiger partial charge in [-0.05, 0) is 77.3 Å². The molecule has 1 unspecified atom stereocenters. The Bertz CT molecular complexity index is 885. The summed E-state index contributed by atoms with van der Waals surface area (Å²) < 4.78 is 6.09. The van der Waals surface area contributed by atoms with Crippen molar-refractivity contribution in [1.29, 1.82) is 0 Å². The fourth-order valence-corrected chi connectivity index (χ4v) is 3.30. The molecule has 1 aromatic rings. The maximum Gasteiger partial charge on any atom is 0.339 e. The van der Waals surface area contributed by atoms with Crippen molar-refractivity contribution in [3.05, 3.63) is 52.1 Å². The molecule has 2 rings (SSSR count). The first-order valence-corrected chi connectivity index (χ1v) is 9.34. The van der Waals surface area contributed by atoms with Gasteiger partial charge in [0.15, 0.2) is 5.78 Å². The molecule has 150 valence electrons. The third-order valence-corrected chi connectivity index (χ3v) is 4.70. The second kappa shape index (κ2) is 8.46. The molecule has 1 heterocycles. The lowest BCUT2D eigenvalue weighted by molar-refractivity contribution is -0.114. The SMILES string of the molecule is CC(C)=CC(=O)CC(C)=CCCC1(C)C=Cc2c(cc(C)c(C(=O)O)c2O)O1. The number of phenols is 1. The highest BCUT2D eigenvalue weighted by atomic mass is 16.5. The molecule has 1 aliphatic heterocycles. The van der Waals surface area contributed by atoms with E-state index in [1.165, 1.54) is 0 Å². The van der Waals surface area contributed by atoms with Gasteiger partial charge in [-0.15, -0.1) is 0 Å². The maximum absolute atomic E-state index is 11.8. The molecule has 0 bridgehead atoms. The Morgan fingerprint density at radius 2 is 1.93 bits per heavy atom. The van der Waals surface area contributed by atoms with Gasteiger partial charge in [0.05, 0.1) is 5.56 Å². The number of aromatic hydroxyl groups is 1. The number of ether oxygens (including phenoxy) is 1. The van der Waals surface area contributed by atoms with Gasteiger partial charge in [0, 0.05) is 6.42 Å². The van der Waals surface area contributed by atoms with E-state index >= 15 is 0 Å². The predicted octanol–water partition coefficient (Wildman–Crippen LogP) is 5.22. The van der Waals surface area contributed by atoms with Crippen molar-refractivity contribution < 1.29 is 24.5 Å². The minimum Gasteiger partial charge on any atom is -0.506 e. The first-order valence-electron chi connectivity index (χ1n) is 9.34. The van der Waals surface area contributed by atoms with Gasteiger partial charge in [-0.25, -0.2) is 4.79 Å². The molecule has 28 heavy (non-hydrogen) atoms. The van der Waals surface area contributed by atoms with Crippen molar-refractivity contribution >= 4 is 17.8 Å². The highest BCUT2D eigenvalue weighted by Gasteiger charge is 2.30. The average molecular weight is 384 g/mol. The van der Waals surface area contributed by atoms with E-state index in [-0.39, 0.29) is 17.1 Å². The lowest BCUT2D eigenvalue weighted by Crippen LogP contribution is -2.31. The van der Waals surface area contributed by atoms with Crippen molar-refractivity contribution in [2.45, 2.75) is 59.5 Å². The van der Waals surface area contributed by atoms with Crippen LogP contribution in [0.2, 0.25) is 0 Å². The minimum absolute atomic E-state index is 0.0999. The molecule has 5 heteroatoms. The van der Waals surface area contributed by atoms with Crippen LogP contribution in [0.25, 0.3) is 6.08 Å². The Balaban J connectivity index is 2.09. The number of ketones is 1. The summed E-state index contributed by atoms with van der Waals surface area (Å²) in [5.41, 5.74) is 2.18.